The second-order valence-corrected chi connectivity index (χ2v) is 10.7. The van der Waals surface area contributed by atoms with Gasteiger partial charge in [0.15, 0.2) is 0 Å². The van der Waals surface area contributed by atoms with E-state index in [1.807, 2.05) is 48.5 Å². The van der Waals surface area contributed by atoms with Crippen LogP contribution in [-0.2, 0) is 25.5 Å². The van der Waals surface area contributed by atoms with Crippen LogP contribution in [0.4, 0.5) is 5.69 Å². The first-order valence-corrected chi connectivity index (χ1v) is 14.8. The smallest absolute Gasteiger partial charge is 0.339 e. The minimum absolute atomic E-state index is 0.108. The number of nitrogens with one attached hydrogen (secondary N) is 1. The first-order valence-electron chi connectivity index (χ1n) is 14.8. The van der Waals surface area contributed by atoms with Gasteiger partial charge in [0.2, 0.25) is 11.8 Å². The molecule has 5 rings (SSSR count). The SMILES string of the molecule is COC(=O)c1cc(Cc2ccccc2)ccc1NC(=O)COCC(=O)N1CCN(C(c2ccccc2)c2ccccc2)CC1. The molecule has 2 amide bonds. The van der Waals surface area contributed by atoms with Gasteiger partial charge in [0.1, 0.15) is 13.2 Å². The van der Waals surface area contributed by atoms with E-state index >= 15 is 0 Å². The summed E-state index contributed by atoms with van der Waals surface area (Å²) in [6.45, 7) is 2.07. The van der Waals surface area contributed by atoms with Crippen LogP contribution < -0.4 is 5.32 Å². The third kappa shape index (κ3) is 7.98. The quantitative estimate of drug-likeness (QED) is 0.248. The number of nitrogens with zero attached hydrogens (tertiary/aromatic N) is 2. The summed E-state index contributed by atoms with van der Waals surface area (Å²) < 4.78 is 10.4. The predicted octanol–water partition coefficient (Wildman–Crippen LogP) is 4.95. The molecule has 0 saturated carbocycles. The standard InChI is InChI=1S/C36H37N3O5/c1-43-36(42)31-24-28(23-27-11-5-2-6-12-27)17-18-32(31)37-33(40)25-44-26-34(41)38-19-21-39(22-20-38)35(29-13-7-3-8-14-29)30-15-9-4-10-16-30/h2-18,24,35H,19-23,25-26H2,1H3,(H,37,40). The highest BCUT2D eigenvalue weighted by atomic mass is 16.5. The second kappa shape index (κ2) is 15.1. The Morgan fingerprint density at radius 3 is 1.91 bits per heavy atom. The number of hydrogen-bond acceptors (Lipinski definition) is 6. The highest BCUT2D eigenvalue weighted by Gasteiger charge is 2.28. The van der Waals surface area contributed by atoms with Gasteiger partial charge >= 0.3 is 5.97 Å². The maximum Gasteiger partial charge on any atom is 0.339 e. The molecule has 0 atom stereocenters. The molecule has 0 aliphatic carbocycles. The minimum Gasteiger partial charge on any atom is -0.465 e. The molecule has 1 saturated heterocycles. The molecular formula is C36H37N3O5. The average molecular weight is 592 g/mol. The molecule has 226 valence electrons. The van der Waals surface area contributed by atoms with Crippen molar-refractivity contribution in [2.45, 2.75) is 12.5 Å². The second-order valence-electron chi connectivity index (χ2n) is 10.7. The lowest BCUT2D eigenvalue weighted by molar-refractivity contribution is -0.139. The maximum absolute atomic E-state index is 12.9. The fourth-order valence-corrected chi connectivity index (χ4v) is 5.54. The van der Waals surface area contributed by atoms with Gasteiger partial charge < -0.3 is 19.7 Å². The number of esters is 1. The summed E-state index contributed by atoms with van der Waals surface area (Å²) in [6.07, 6.45) is 0.637. The summed E-state index contributed by atoms with van der Waals surface area (Å²) in [4.78, 5) is 42.2. The first-order chi connectivity index (χ1) is 21.5. The lowest BCUT2D eigenvalue weighted by atomic mass is 9.96. The zero-order valence-electron chi connectivity index (χ0n) is 24.9. The van der Waals surface area contributed by atoms with Crippen molar-refractivity contribution in [2.75, 3.05) is 51.8 Å². The Hall–Kier alpha value is -4.79. The minimum atomic E-state index is -0.549. The van der Waals surface area contributed by atoms with Crippen LogP contribution in [0.1, 0.15) is 38.7 Å². The van der Waals surface area contributed by atoms with Gasteiger partial charge in [-0.25, -0.2) is 4.79 Å². The molecule has 1 N–H and O–H groups in total. The van der Waals surface area contributed by atoms with E-state index in [9.17, 15) is 14.4 Å². The highest BCUT2D eigenvalue weighted by Crippen LogP contribution is 2.29. The molecule has 8 nitrogen and oxygen atoms in total. The number of piperazine rings is 1. The van der Waals surface area contributed by atoms with Crippen molar-refractivity contribution in [1.82, 2.24) is 9.80 Å². The third-order valence-electron chi connectivity index (χ3n) is 7.74. The van der Waals surface area contributed by atoms with Gasteiger partial charge in [-0.3, -0.25) is 14.5 Å². The van der Waals surface area contributed by atoms with E-state index in [1.165, 1.54) is 18.2 Å². The third-order valence-corrected chi connectivity index (χ3v) is 7.74. The van der Waals surface area contributed by atoms with Crippen molar-refractivity contribution in [3.05, 3.63) is 137 Å². The van der Waals surface area contributed by atoms with E-state index < -0.39 is 11.9 Å². The number of methoxy groups -OCH3 is 1. The molecule has 1 aliphatic heterocycles. The zero-order valence-corrected chi connectivity index (χ0v) is 24.9. The van der Waals surface area contributed by atoms with Crippen LogP contribution >= 0.6 is 0 Å². The Morgan fingerprint density at radius 1 is 0.727 bits per heavy atom. The number of amides is 2. The first kappa shape index (κ1) is 30.7. The molecular weight excluding hydrogens is 554 g/mol. The lowest BCUT2D eigenvalue weighted by Crippen LogP contribution is -2.50. The monoisotopic (exact) mass is 591 g/mol. The van der Waals surface area contributed by atoms with Crippen LogP contribution in [0.3, 0.4) is 0 Å². The van der Waals surface area contributed by atoms with Gasteiger partial charge in [0.25, 0.3) is 0 Å². The van der Waals surface area contributed by atoms with Crippen LogP contribution in [0.5, 0.6) is 0 Å². The summed E-state index contributed by atoms with van der Waals surface area (Å²) in [5.41, 5.74) is 5.04. The van der Waals surface area contributed by atoms with Gasteiger partial charge in [-0.05, 0) is 40.8 Å². The van der Waals surface area contributed by atoms with Crippen molar-refractivity contribution in [2.24, 2.45) is 0 Å². The largest absolute Gasteiger partial charge is 0.465 e. The summed E-state index contributed by atoms with van der Waals surface area (Å²) in [5, 5.41) is 2.72. The number of carbonyl (C=O) groups excluding carboxylic acids is 3. The van der Waals surface area contributed by atoms with Crippen molar-refractivity contribution in [1.29, 1.82) is 0 Å². The van der Waals surface area contributed by atoms with Crippen molar-refractivity contribution in [3.63, 3.8) is 0 Å². The van der Waals surface area contributed by atoms with Gasteiger partial charge in [-0.15, -0.1) is 0 Å². The van der Waals surface area contributed by atoms with Gasteiger partial charge in [0.05, 0.1) is 24.4 Å². The summed E-state index contributed by atoms with van der Waals surface area (Å²) in [6, 6.07) is 36.1. The van der Waals surface area contributed by atoms with E-state index in [4.69, 9.17) is 9.47 Å². The van der Waals surface area contributed by atoms with E-state index in [2.05, 4.69) is 58.7 Å². The number of benzene rings is 4. The number of anilines is 1. The van der Waals surface area contributed by atoms with E-state index in [-0.39, 0.29) is 30.7 Å². The fraction of sp³-hybridized carbons (Fsp3) is 0.250. The van der Waals surface area contributed by atoms with Gasteiger partial charge in [-0.2, -0.15) is 0 Å². The summed E-state index contributed by atoms with van der Waals surface area (Å²) in [5.74, 6) is -1.17. The Morgan fingerprint density at radius 2 is 1.32 bits per heavy atom. The lowest BCUT2D eigenvalue weighted by Gasteiger charge is -2.39. The molecule has 4 aromatic carbocycles. The van der Waals surface area contributed by atoms with Crippen LogP contribution in [0.15, 0.2) is 109 Å². The number of carbonyl (C=O) groups is 3. The van der Waals surface area contributed by atoms with Crippen LogP contribution in [0, 0.1) is 0 Å². The molecule has 0 aromatic heterocycles. The van der Waals surface area contributed by atoms with Crippen LogP contribution in [0.2, 0.25) is 0 Å². The average Bonchev–Trinajstić information content (AvgIpc) is 3.07. The topological polar surface area (TPSA) is 88.2 Å². The maximum atomic E-state index is 12.9. The Labute approximate surface area is 258 Å². The molecule has 0 unspecified atom stereocenters. The molecule has 1 aliphatic rings. The molecule has 0 bridgehead atoms. The molecule has 1 heterocycles. The highest BCUT2D eigenvalue weighted by molar-refractivity contribution is 6.01. The molecule has 8 heteroatoms. The van der Waals surface area contributed by atoms with Crippen LogP contribution in [-0.4, -0.2) is 74.1 Å². The molecule has 1 fully saturated rings. The number of hydrogen-bond donors (Lipinski definition) is 1. The normalized spacial score (nSPS) is 13.5. The fourth-order valence-electron chi connectivity index (χ4n) is 5.54. The molecule has 0 radical (unpaired) electrons. The van der Waals surface area contributed by atoms with E-state index in [1.54, 1.807) is 17.0 Å². The van der Waals surface area contributed by atoms with Crippen molar-refractivity contribution < 1.29 is 23.9 Å². The van der Waals surface area contributed by atoms with Crippen molar-refractivity contribution >= 4 is 23.5 Å². The Balaban J connectivity index is 1.12. The number of rotatable bonds is 11. The zero-order chi connectivity index (χ0) is 30.7. The summed E-state index contributed by atoms with van der Waals surface area (Å²) >= 11 is 0. The van der Waals surface area contributed by atoms with E-state index in [0.29, 0.717) is 25.2 Å². The van der Waals surface area contributed by atoms with Gasteiger partial charge in [0, 0.05) is 26.2 Å². The molecule has 0 spiro atoms. The van der Waals surface area contributed by atoms with Gasteiger partial charge in [-0.1, -0.05) is 97.1 Å². The summed E-state index contributed by atoms with van der Waals surface area (Å²) in [7, 11) is 1.30. The van der Waals surface area contributed by atoms with E-state index in [0.717, 1.165) is 24.2 Å². The number of ether oxygens (including phenoxy) is 2. The van der Waals surface area contributed by atoms with Crippen molar-refractivity contribution in [3.8, 4) is 0 Å². The molecule has 4 aromatic rings. The predicted molar refractivity (Wildman–Crippen MR) is 169 cm³/mol. The van der Waals surface area contributed by atoms with Crippen LogP contribution in [0.25, 0.3) is 0 Å². The Bertz CT molecular complexity index is 1500. The molecule has 44 heavy (non-hydrogen) atoms. The Kier molecular flexibility index (Phi) is 10.5.